The van der Waals surface area contributed by atoms with E-state index in [9.17, 15) is 5.11 Å². The van der Waals surface area contributed by atoms with Crippen LogP contribution < -0.4 is 0 Å². The van der Waals surface area contributed by atoms with E-state index in [1.54, 1.807) is 11.8 Å². The molecule has 0 bridgehead atoms. The van der Waals surface area contributed by atoms with Crippen LogP contribution in [0, 0.1) is 0 Å². The number of hydrogen-bond donors (Lipinski definition) is 2. The molecule has 0 aromatic carbocycles. The van der Waals surface area contributed by atoms with Crippen LogP contribution in [-0.4, -0.2) is 32.9 Å². The first-order valence-electron chi connectivity index (χ1n) is 3.99. The summed E-state index contributed by atoms with van der Waals surface area (Å²) < 4.78 is 0.127. The predicted molar refractivity (Wildman–Crippen MR) is 54.4 cm³/mol. The van der Waals surface area contributed by atoms with E-state index in [1.165, 1.54) is 6.08 Å². The number of thioether (sulfide) groups is 1. The van der Waals surface area contributed by atoms with Crippen molar-refractivity contribution in [3.8, 4) is 0 Å². The monoisotopic (exact) mass is 190 g/mol. The maximum atomic E-state index is 9.34. The molecule has 0 spiro atoms. The first-order chi connectivity index (χ1) is 5.37. The highest BCUT2D eigenvalue weighted by atomic mass is 32.2. The Labute approximate surface area is 78.7 Å². The number of aliphatic hydroxyl groups excluding tert-OH is 2. The molecule has 2 atom stereocenters. The Morgan fingerprint density at radius 1 is 1.42 bits per heavy atom. The first-order valence-corrected chi connectivity index (χ1v) is 4.98. The summed E-state index contributed by atoms with van der Waals surface area (Å²) in [6, 6.07) is 0. The lowest BCUT2D eigenvalue weighted by Crippen LogP contribution is -2.27. The highest BCUT2D eigenvalue weighted by Gasteiger charge is 2.17. The van der Waals surface area contributed by atoms with E-state index in [-0.39, 0.29) is 4.75 Å². The maximum absolute atomic E-state index is 9.34. The van der Waals surface area contributed by atoms with Crippen molar-refractivity contribution in [2.24, 2.45) is 0 Å². The van der Waals surface area contributed by atoms with E-state index in [4.69, 9.17) is 5.11 Å². The topological polar surface area (TPSA) is 40.5 Å². The zero-order valence-electron chi connectivity index (χ0n) is 7.95. The normalized spacial score (nSPS) is 17.1. The van der Waals surface area contributed by atoms with Crippen molar-refractivity contribution < 1.29 is 10.2 Å². The van der Waals surface area contributed by atoms with Gasteiger partial charge in [0.2, 0.25) is 0 Å². The van der Waals surface area contributed by atoms with Gasteiger partial charge in [0.05, 0.1) is 12.2 Å². The van der Waals surface area contributed by atoms with Gasteiger partial charge in [-0.15, -0.1) is 6.58 Å². The molecule has 0 radical (unpaired) electrons. The number of hydrogen-bond acceptors (Lipinski definition) is 3. The fourth-order valence-electron chi connectivity index (χ4n) is 0.591. The number of rotatable bonds is 4. The number of aliphatic hydroxyl groups is 2. The highest BCUT2D eigenvalue weighted by molar-refractivity contribution is 8.00. The van der Waals surface area contributed by atoms with Gasteiger partial charge in [-0.1, -0.05) is 26.8 Å². The molecule has 72 valence electrons. The van der Waals surface area contributed by atoms with Crippen LogP contribution in [0.3, 0.4) is 0 Å². The lowest BCUT2D eigenvalue weighted by Gasteiger charge is -2.21. The lowest BCUT2D eigenvalue weighted by atomic mass is 10.2. The Morgan fingerprint density at radius 3 is 2.25 bits per heavy atom. The van der Waals surface area contributed by atoms with Crippen LogP contribution >= 0.6 is 11.8 Å². The molecule has 2 N–H and O–H groups in total. The molecule has 0 aliphatic rings. The maximum Gasteiger partial charge on any atom is 0.0985 e. The van der Waals surface area contributed by atoms with Crippen molar-refractivity contribution in [1.82, 2.24) is 0 Å². The average molecular weight is 190 g/mol. The van der Waals surface area contributed by atoms with Crippen molar-refractivity contribution in [2.45, 2.75) is 37.7 Å². The molecular formula is C9H18O2S. The summed E-state index contributed by atoms with van der Waals surface area (Å²) in [7, 11) is 0. The quantitative estimate of drug-likeness (QED) is 0.659. The second-order valence-corrected chi connectivity index (χ2v) is 5.56. The fourth-order valence-corrected chi connectivity index (χ4v) is 1.46. The van der Waals surface area contributed by atoms with Crippen LogP contribution in [0.2, 0.25) is 0 Å². The SMILES string of the molecule is C=C[C@H](O)[C@@H](O)CSC(C)(C)C. The van der Waals surface area contributed by atoms with Gasteiger partial charge in [-0.05, 0) is 0 Å². The Kier molecular flexibility index (Phi) is 4.90. The predicted octanol–water partition coefficient (Wildman–Crippen LogP) is 1.43. The molecule has 0 aliphatic carbocycles. The summed E-state index contributed by atoms with van der Waals surface area (Å²) in [5.41, 5.74) is 0. The van der Waals surface area contributed by atoms with Gasteiger partial charge in [0.1, 0.15) is 0 Å². The molecule has 0 unspecified atom stereocenters. The van der Waals surface area contributed by atoms with Crippen molar-refractivity contribution >= 4 is 11.8 Å². The molecule has 0 heterocycles. The van der Waals surface area contributed by atoms with E-state index in [0.29, 0.717) is 5.75 Å². The van der Waals surface area contributed by atoms with Gasteiger partial charge in [-0.3, -0.25) is 0 Å². The van der Waals surface area contributed by atoms with Gasteiger partial charge in [-0.25, -0.2) is 0 Å². The molecule has 0 saturated heterocycles. The Morgan fingerprint density at radius 2 is 1.92 bits per heavy atom. The van der Waals surface area contributed by atoms with Crippen LogP contribution in [0.25, 0.3) is 0 Å². The summed E-state index contributed by atoms with van der Waals surface area (Å²) in [6.07, 6.45) is -0.153. The van der Waals surface area contributed by atoms with Gasteiger partial charge in [0, 0.05) is 10.5 Å². The van der Waals surface area contributed by atoms with Crippen LogP contribution in [0.1, 0.15) is 20.8 Å². The fraction of sp³-hybridized carbons (Fsp3) is 0.778. The van der Waals surface area contributed by atoms with E-state index < -0.39 is 12.2 Å². The van der Waals surface area contributed by atoms with Crippen LogP contribution in [0.4, 0.5) is 0 Å². The van der Waals surface area contributed by atoms with Crippen LogP contribution in [0.5, 0.6) is 0 Å². The Balaban J connectivity index is 3.71. The minimum atomic E-state index is -0.806. The Hall–Kier alpha value is 0.0100. The van der Waals surface area contributed by atoms with E-state index in [1.807, 2.05) is 0 Å². The molecule has 0 aliphatic heterocycles. The van der Waals surface area contributed by atoms with Gasteiger partial charge in [0.25, 0.3) is 0 Å². The van der Waals surface area contributed by atoms with Crippen LogP contribution in [0.15, 0.2) is 12.7 Å². The summed E-state index contributed by atoms with van der Waals surface area (Å²) >= 11 is 1.63. The molecule has 0 aromatic heterocycles. The largest absolute Gasteiger partial charge is 0.389 e. The molecule has 2 nitrogen and oxygen atoms in total. The molecular weight excluding hydrogens is 172 g/mol. The summed E-state index contributed by atoms with van der Waals surface area (Å²) in [6.45, 7) is 9.63. The third-order valence-corrected chi connectivity index (χ3v) is 2.70. The molecule has 0 fully saturated rings. The van der Waals surface area contributed by atoms with Gasteiger partial charge in [0.15, 0.2) is 0 Å². The van der Waals surface area contributed by atoms with Gasteiger partial charge >= 0.3 is 0 Å². The molecule has 0 rings (SSSR count). The van der Waals surface area contributed by atoms with Gasteiger partial charge < -0.3 is 10.2 Å². The Bertz CT molecular complexity index is 140. The smallest absolute Gasteiger partial charge is 0.0985 e. The third-order valence-electron chi connectivity index (χ3n) is 1.32. The van der Waals surface area contributed by atoms with Crippen molar-refractivity contribution in [3.05, 3.63) is 12.7 Å². The highest BCUT2D eigenvalue weighted by Crippen LogP contribution is 2.24. The summed E-state index contributed by atoms with van der Waals surface area (Å²) in [5.74, 6) is 0.538. The summed E-state index contributed by atoms with van der Waals surface area (Å²) in [4.78, 5) is 0. The lowest BCUT2D eigenvalue weighted by molar-refractivity contribution is 0.0652. The molecule has 0 aromatic rings. The average Bonchev–Trinajstić information content (AvgIpc) is 1.97. The first kappa shape index (κ1) is 12.0. The summed E-state index contributed by atoms with van der Waals surface area (Å²) in [5, 5.41) is 18.5. The minimum absolute atomic E-state index is 0.127. The standard InChI is InChI=1S/C9H18O2S/c1-5-7(10)8(11)6-12-9(2,3)4/h5,7-8,10-11H,1,6H2,2-4H3/t7-,8-/m0/s1. The van der Waals surface area contributed by atoms with Crippen molar-refractivity contribution in [1.29, 1.82) is 0 Å². The van der Waals surface area contributed by atoms with E-state index in [2.05, 4.69) is 27.4 Å². The zero-order chi connectivity index (χ0) is 9.78. The van der Waals surface area contributed by atoms with E-state index in [0.717, 1.165) is 0 Å². The van der Waals surface area contributed by atoms with Crippen LogP contribution in [-0.2, 0) is 0 Å². The molecule has 12 heavy (non-hydrogen) atoms. The van der Waals surface area contributed by atoms with E-state index >= 15 is 0 Å². The third kappa shape index (κ3) is 5.63. The van der Waals surface area contributed by atoms with Gasteiger partial charge in [-0.2, -0.15) is 11.8 Å². The molecule has 0 amide bonds. The van der Waals surface area contributed by atoms with Crippen molar-refractivity contribution in [2.75, 3.05) is 5.75 Å². The molecule has 3 heteroatoms. The molecule has 0 saturated carbocycles. The second kappa shape index (κ2) is 4.90. The second-order valence-electron chi connectivity index (χ2n) is 3.72. The zero-order valence-corrected chi connectivity index (χ0v) is 8.77. The van der Waals surface area contributed by atoms with Crippen molar-refractivity contribution in [3.63, 3.8) is 0 Å². The minimum Gasteiger partial charge on any atom is -0.389 e.